The van der Waals surface area contributed by atoms with Crippen LogP contribution in [0.2, 0.25) is 0 Å². The molecule has 1 aromatic heterocycles. The fraction of sp³-hybridized carbons (Fsp3) is 0.100. The van der Waals surface area contributed by atoms with Crippen molar-refractivity contribution in [1.82, 2.24) is 14.8 Å². The summed E-state index contributed by atoms with van der Waals surface area (Å²) in [6.45, 7) is 0. The third-order valence-corrected chi connectivity index (χ3v) is 2.09. The number of amides is 1. The number of primary amides is 1. The zero-order chi connectivity index (χ0) is 14.0. The Morgan fingerprint density at radius 3 is 2.63 bits per heavy atom. The number of benzene rings is 1. The van der Waals surface area contributed by atoms with Gasteiger partial charge in [0.1, 0.15) is 12.0 Å². The van der Waals surface area contributed by atoms with Crippen molar-refractivity contribution < 1.29 is 22.7 Å². The molecule has 100 valence electrons. The molecule has 0 unspecified atom stereocenters. The number of rotatable bonds is 3. The van der Waals surface area contributed by atoms with Crippen LogP contribution in [-0.4, -0.2) is 27.0 Å². The predicted octanol–water partition coefficient (Wildman–Crippen LogP) is 1.26. The van der Waals surface area contributed by atoms with Crippen LogP contribution in [0.5, 0.6) is 5.75 Å². The molecule has 0 aliphatic heterocycles. The molecule has 0 fully saturated rings. The molecule has 0 spiro atoms. The Morgan fingerprint density at radius 1 is 1.32 bits per heavy atom. The lowest BCUT2D eigenvalue weighted by Gasteiger charge is -2.13. The van der Waals surface area contributed by atoms with E-state index in [1.165, 1.54) is 18.2 Å². The summed E-state index contributed by atoms with van der Waals surface area (Å²) in [5, 5.41) is 3.66. The van der Waals surface area contributed by atoms with Crippen molar-refractivity contribution in [2.24, 2.45) is 5.73 Å². The first-order valence-corrected chi connectivity index (χ1v) is 4.93. The fourth-order valence-corrected chi connectivity index (χ4v) is 1.43. The van der Waals surface area contributed by atoms with Gasteiger partial charge in [0.05, 0.1) is 0 Å². The van der Waals surface area contributed by atoms with E-state index in [-0.39, 0.29) is 11.5 Å². The number of halogens is 3. The van der Waals surface area contributed by atoms with Crippen LogP contribution < -0.4 is 10.5 Å². The summed E-state index contributed by atoms with van der Waals surface area (Å²) in [4.78, 5) is 14.7. The Kier molecular flexibility index (Phi) is 3.11. The first-order chi connectivity index (χ1) is 8.88. The minimum absolute atomic E-state index is 0.0916. The van der Waals surface area contributed by atoms with Crippen LogP contribution in [0.4, 0.5) is 13.2 Å². The third-order valence-electron chi connectivity index (χ3n) is 2.09. The maximum Gasteiger partial charge on any atom is 0.573 e. The van der Waals surface area contributed by atoms with E-state index in [2.05, 4.69) is 14.8 Å². The Labute approximate surface area is 104 Å². The summed E-state index contributed by atoms with van der Waals surface area (Å²) in [7, 11) is 0. The minimum Gasteiger partial charge on any atom is -0.403 e. The Morgan fingerprint density at radius 2 is 2.00 bits per heavy atom. The highest BCUT2D eigenvalue weighted by molar-refractivity contribution is 5.89. The standard InChI is InChI=1S/C10H7F3N4O2/c11-10(12,13)19-7-4-2-1-3-6(7)17-9(8(14)18)15-5-16-17/h1-5H,(H2,14,18). The van der Waals surface area contributed by atoms with Crippen LogP contribution in [-0.2, 0) is 0 Å². The summed E-state index contributed by atoms with van der Waals surface area (Å²) < 4.78 is 41.5. The van der Waals surface area contributed by atoms with Crippen LogP contribution >= 0.6 is 0 Å². The van der Waals surface area contributed by atoms with Gasteiger partial charge in [-0.2, -0.15) is 5.10 Å². The maximum absolute atomic E-state index is 12.3. The molecule has 0 radical (unpaired) electrons. The van der Waals surface area contributed by atoms with Gasteiger partial charge in [-0.15, -0.1) is 13.2 Å². The fourth-order valence-electron chi connectivity index (χ4n) is 1.43. The summed E-state index contributed by atoms with van der Waals surface area (Å²) in [6.07, 6.45) is -3.85. The van der Waals surface area contributed by atoms with Gasteiger partial charge in [-0.05, 0) is 12.1 Å². The highest BCUT2D eigenvalue weighted by Gasteiger charge is 2.32. The number of carbonyl (C=O) groups is 1. The SMILES string of the molecule is NC(=O)c1ncnn1-c1ccccc1OC(F)(F)F. The molecule has 6 nitrogen and oxygen atoms in total. The molecular formula is C10H7F3N4O2. The van der Waals surface area contributed by atoms with Gasteiger partial charge >= 0.3 is 6.36 Å². The van der Waals surface area contributed by atoms with Crippen molar-refractivity contribution in [2.45, 2.75) is 6.36 Å². The molecule has 2 aromatic rings. The topological polar surface area (TPSA) is 83.0 Å². The van der Waals surface area contributed by atoms with E-state index in [0.29, 0.717) is 0 Å². The highest BCUT2D eigenvalue weighted by atomic mass is 19.4. The van der Waals surface area contributed by atoms with Gasteiger partial charge in [0, 0.05) is 0 Å². The lowest BCUT2D eigenvalue weighted by molar-refractivity contribution is -0.274. The Hall–Kier alpha value is -2.58. The number of nitrogens with two attached hydrogens (primary N) is 1. The number of alkyl halides is 3. The van der Waals surface area contributed by atoms with Gasteiger partial charge in [-0.1, -0.05) is 12.1 Å². The molecule has 0 aliphatic carbocycles. The quantitative estimate of drug-likeness (QED) is 0.911. The molecule has 2 N–H and O–H groups in total. The second kappa shape index (κ2) is 4.59. The first kappa shape index (κ1) is 12.9. The number of hydrogen-bond donors (Lipinski definition) is 1. The number of nitrogens with zero attached hydrogens (tertiary/aromatic N) is 3. The van der Waals surface area contributed by atoms with Crippen LogP contribution in [0.1, 0.15) is 10.6 Å². The van der Waals surface area contributed by atoms with Crippen LogP contribution in [0.15, 0.2) is 30.6 Å². The van der Waals surface area contributed by atoms with Crippen molar-refractivity contribution >= 4 is 5.91 Å². The maximum atomic E-state index is 12.3. The average molecular weight is 272 g/mol. The van der Waals surface area contributed by atoms with E-state index < -0.39 is 18.0 Å². The Balaban J connectivity index is 2.50. The number of hydrogen-bond acceptors (Lipinski definition) is 4. The molecule has 1 aromatic carbocycles. The number of para-hydroxylation sites is 2. The number of ether oxygens (including phenoxy) is 1. The van der Waals surface area contributed by atoms with Gasteiger partial charge in [0.15, 0.2) is 5.75 Å². The average Bonchev–Trinajstić information content (AvgIpc) is 2.76. The largest absolute Gasteiger partial charge is 0.573 e. The molecule has 0 aliphatic rings. The molecule has 9 heteroatoms. The second-order valence-corrected chi connectivity index (χ2v) is 3.38. The summed E-state index contributed by atoms with van der Waals surface area (Å²) in [6, 6.07) is 5.20. The van der Waals surface area contributed by atoms with Gasteiger partial charge in [0.2, 0.25) is 5.82 Å². The van der Waals surface area contributed by atoms with Crippen molar-refractivity contribution in [3.63, 3.8) is 0 Å². The lowest BCUT2D eigenvalue weighted by Crippen LogP contribution is -2.21. The van der Waals surface area contributed by atoms with Crippen molar-refractivity contribution in [2.75, 3.05) is 0 Å². The van der Waals surface area contributed by atoms with E-state index in [1.54, 1.807) is 0 Å². The van der Waals surface area contributed by atoms with Crippen LogP contribution in [0.25, 0.3) is 5.69 Å². The number of aromatic nitrogens is 3. The second-order valence-electron chi connectivity index (χ2n) is 3.38. The van der Waals surface area contributed by atoms with Crippen molar-refractivity contribution in [3.8, 4) is 11.4 Å². The van der Waals surface area contributed by atoms with E-state index in [1.807, 2.05) is 0 Å². The molecule has 0 saturated carbocycles. The molecule has 0 saturated heterocycles. The summed E-state index contributed by atoms with van der Waals surface area (Å²) in [5.41, 5.74) is 4.96. The van der Waals surface area contributed by atoms with Crippen molar-refractivity contribution in [3.05, 3.63) is 36.4 Å². The highest BCUT2D eigenvalue weighted by Crippen LogP contribution is 2.28. The van der Waals surface area contributed by atoms with Crippen LogP contribution in [0, 0.1) is 0 Å². The number of carbonyl (C=O) groups excluding carboxylic acids is 1. The van der Waals surface area contributed by atoms with Gasteiger partial charge in [-0.3, -0.25) is 4.79 Å². The normalized spacial score (nSPS) is 11.3. The smallest absolute Gasteiger partial charge is 0.403 e. The van der Waals surface area contributed by atoms with Gasteiger partial charge < -0.3 is 10.5 Å². The van der Waals surface area contributed by atoms with Gasteiger partial charge in [0.25, 0.3) is 5.91 Å². The van der Waals surface area contributed by atoms with Crippen LogP contribution in [0.3, 0.4) is 0 Å². The monoisotopic (exact) mass is 272 g/mol. The lowest BCUT2D eigenvalue weighted by atomic mass is 10.3. The van der Waals surface area contributed by atoms with E-state index in [4.69, 9.17) is 5.73 Å². The summed E-state index contributed by atoms with van der Waals surface area (Å²) >= 11 is 0. The molecule has 1 amide bonds. The Bertz CT molecular complexity index is 609. The van der Waals surface area contributed by atoms with E-state index >= 15 is 0 Å². The molecule has 19 heavy (non-hydrogen) atoms. The molecule has 2 rings (SSSR count). The molecule has 0 bridgehead atoms. The molecule has 1 heterocycles. The van der Waals surface area contributed by atoms with Gasteiger partial charge in [-0.25, -0.2) is 9.67 Å². The minimum atomic E-state index is -4.86. The van der Waals surface area contributed by atoms with E-state index in [0.717, 1.165) is 17.1 Å². The zero-order valence-corrected chi connectivity index (χ0v) is 9.26. The third kappa shape index (κ3) is 2.81. The molecule has 0 atom stereocenters. The first-order valence-electron chi connectivity index (χ1n) is 4.93. The zero-order valence-electron chi connectivity index (χ0n) is 9.26. The summed E-state index contributed by atoms with van der Waals surface area (Å²) in [5.74, 6) is -1.72. The molecular weight excluding hydrogens is 265 g/mol. The predicted molar refractivity (Wildman–Crippen MR) is 56.6 cm³/mol. The van der Waals surface area contributed by atoms with Crippen molar-refractivity contribution in [1.29, 1.82) is 0 Å². The van der Waals surface area contributed by atoms with E-state index in [9.17, 15) is 18.0 Å².